The summed E-state index contributed by atoms with van der Waals surface area (Å²) in [6, 6.07) is 9.94. The molecule has 0 fully saturated rings. The van der Waals surface area contributed by atoms with Gasteiger partial charge in [-0.15, -0.1) is 0 Å². The summed E-state index contributed by atoms with van der Waals surface area (Å²) in [4.78, 5) is 26.0. The number of fused-ring (bicyclic) bond motifs is 1. The van der Waals surface area contributed by atoms with Crippen molar-refractivity contribution in [3.05, 3.63) is 52.5 Å². The second-order valence-electron chi connectivity index (χ2n) is 7.02. The van der Waals surface area contributed by atoms with Crippen LogP contribution in [0.4, 0.5) is 11.4 Å². The van der Waals surface area contributed by atoms with Gasteiger partial charge in [-0.2, -0.15) is 0 Å². The minimum absolute atomic E-state index is 0.0206. The van der Waals surface area contributed by atoms with Gasteiger partial charge in [-0.05, 0) is 54.8 Å². The number of carbonyl (C=O) groups excluding carboxylic acids is 2. The van der Waals surface area contributed by atoms with Gasteiger partial charge >= 0.3 is 0 Å². The van der Waals surface area contributed by atoms with Crippen molar-refractivity contribution < 1.29 is 18.0 Å². The van der Waals surface area contributed by atoms with Crippen molar-refractivity contribution >= 4 is 44.6 Å². The normalized spacial score (nSPS) is 13.3. The summed E-state index contributed by atoms with van der Waals surface area (Å²) in [7, 11) is -3.62. The molecule has 0 bridgehead atoms. The number of carbonyl (C=O) groups is 2. The zero-order valence-electron chi connectivity index (χ0n) is 16.4. The smallest absolute Gasteiger partial charge is 0.226 e. The molecule has 2 aromatic carbocycles. The van der Waals surface area contributed by atoms with Gasteiger partial charge in [0, 0.05) is 35.8 Å². The van der Waals surface area contributed by atoms with Gasteiger partial charge in [0.2, 0.25) is 11.8 Å². The summed E-state index contributed by atoms with van der Waals surface area (Å²) in [6.45, 7) is 4.22. The highest BCUT2D eigenvalue weighted by molar-refractivity contribution is 7.91. The first-order chi connectivity index (χ1) is 13.7. The van der Waals surface area contributed by atoms with E-state index >= 15 is 0 Å². The number of benzene rings is 2. The molecule has 0 spiro atoms. The first-order valence-electron chi connectivity index (χ1n) is 9.43. The molecular formula is C21H23ClN2O4S. The maximum Gasteiger partial charge on any atom is 0.226 e. The summed E-state index contributed by atoms with van der Waals surface area (Å²) in [5.41, 5.74) is 3.03. The van der Waals surface area contributed by atoms with E-state index in [0.717, 1.165) is 16.8 Å². The summed E-state index contributed by atoms with van der Waals surface area (Å²) in [5.74, 6) is -0.670. The standard InChI is InChI=1S/C21H23ClN2O4S/c1-3-21(26)24-10-8-15-12-17(6-7-19(15)24)29(27,28)11-9-20(25)23-16-5-4-14(2)18(22)13-16/h4-7,12-13H,3,8-11H2,1-2H3,(H,23,25). The van der Waals surface area contributed by atoms with E-state index in [0.29, 0.717) is 30.1 Å². The molecule has 0 saturated heterocycles. The zero-order valence-corrected chi connectivity index (χ0v) is 17.9. The highest BCUT2D eigenvalue weighted by Gasteiger charge is 2.26. The van der Waals surface area contributed by atoms with Crippen LogP contribution >= 0.6 is 11.6 Å². The maximum atomic E-state index is 12.7. The number of nitrogens with one attached hydrogen (secondary N) is 1. The van der Waals surface area contributed by atoms with E-state index in [4.69, 9.17) is 11.6 Å². The Kier molecular flexibility index (Phi) is 6.29. The molecule has 0 radical (unpaired) electrons. The third kappa shape index (κ3) is 4.79. The van der Waals surface area contributed by atoms with Crippen LogP contribution in [0.1, 0.15) is 30.9 Å². The van der Waals surface area contributed by atoms with E-state index in [2.05, 4.69) is 5.32 Å². The lowest BCUT2D eigenvalue weighted by Crippen LogP contribution is -2.27. The number of hydrogen-bond acceptors (Lipinski definition) is 4. The number of aryl methyl sites for hydroxylation is 1. The highest BCUT2D eigenvalue weighted by Crippen LogP contribution is 2.31. The molecule has 2 amide bonds. The third-order valence-corrected chi connectivity index (χ3v) is 7.08. The lowest BCUT2D eigenvalue weighted by Gasteiger charge is -2.16. The summed E-state index contributed by atoms with van der Waals surface area (Å²) < 4.78 is 25.4. The summed E-state index contributed by atoms with van der Waals surface area (Å²) >= 11 is 6.04. The van der Waals surface area contributed by atoms with E-state index in [1.165, 1.54) is 6.07 Å². The van der Waals surface area contributed by atoms with Crippen LogP contribution in [0.25, 0.3) is 0 Å². The van der Waals surface area contributed by atoms with E-state index in [1.807, 2.05) is 6.92 Å². The van der Waals surface area contributed by atoms with Crippen molar-refractivity contribution in [2.45, 2.75) is 38.0 Å². The molecule has 29 heavy (non-hydrogen) atoms. The van der Waals surface area contributed by atoms with Gasteiger partial charge < -0.3 is 10.2 Å². The number of rotatable bonds is 6. The topological polar surface area (TPSA) is 83.6 Å². The first-order valence-corrected chi connectivity index (χ1v) is 11.5. The fourth-order valence-corrected chi connectivity index (χ4v) is 4.73. The lowest BCUT2D eigenvalue weighted by atomic mass is 10.2. The quantitative estimate of drug-likeness (QED) is 0.750. The van der Waals surface area contributed by atoms with Crippen molar-refractivity contribution in [2.24, 2.45) is 0 Å². The van der Waals surface area contributed by atoms with Gasteiger partial charge in [-0.1, -0.05) is 24.6 Å². The Morgan fingerprint density at radius 1 is 1.17 bits per heavy atom. The fourth-order valence-electron chi connectivity index (χ4n) is 3.26. The van der Waals surface area contributed by atoms with Crippen LogP contribution in [0, 0.1) is 6.92 Å². The highest BCUT2D eigenvalue weighted by atomic mass is 35.5. The van der Waals surface area contributed by atoms with Crippen molar-refractivity contribution in [3.63, 3.8) is 0 Å². The predicted octanol–water partition coefficient (Wildman–Crippen LogP) is 3.75. The Morgan fingerprint density at radius 3 is 2.62 bits per heavy atom. The molecule has 0 aromatic heterocycles. The molecule has 1 aliphatic heterocycles. The minimum atomic E-state index is -3.62. The number of anilines is 2. The van der Waals surface area contributed by atoms with E-state index in [1.54, 1.807) is 42.2 Å². The molecule has 6 nitrogen and oxygen atoms in total. The number of sulfone groups is 1. The van der Waals surface area contributed by atoms with E-state index in [-0.39, 0.29) is 23.0 Å². The van der Waals surface area contributed by atoms with Gasteiger partial charge in [0.05, 0.1) is 10.6 Å². The Bertz CT molecular complexity index is 1070. The van der Waals surface area contributed by atoms with Crippen LogP contribution in [0.5, 0.6) is 0 Å². The maximum absolute atomic E-state index is 12.7. The Balaban J connectivity index is 1.66. The molecule has 1 N–H and O–H groups in total. The third-order valence-electron chi connectivity index (χ3n) is 4.96. The molecule has 0 aliphatic carbocycles. The number of halogens is 1. The molecule has 1 heterocycles. The van der Waals surface area contributed by atoms with Crippen LogP contribution in [-0.4, -0.2) is 32.5 Å². The van der Waals surface area contributed by atoms with E-state index in [9.17, 15) is 18.0 Å². The first kappa shape index (κ1) is 21.3. The Hall–Kier alpha value is -2.38. The lowest BCUT2D eigenvalue weighted by molar-refractivity contribution is -0.118. The van der Waals surface area contributed by atoms with Crippen LogP contribution < -0.4 is 10.2 Å². The van der Waals surface area contributed by atoms with Gasteiger partial charge in [0.15, 0.2) is 9.84 Å². The average molecular weight is 435 g/mol. The average Bonchev–Trinajstić information content (AvgIpc) is 3.12. The summed E-state index contributed by atoms with van der Waals surface area (Å²) in [5, 5.41) is 3.20. The monoisotopic (exact) mass is 434 g/mol. The number of hydrogen-bond donors (Lipinski definition) is 1. The largest absolute Gasteiger partial charge is 0.326 e. The van der Waals surface area contributed by atoms with Gasteiger partial charge in [-0.3, -0.25) is 9.59 Å². The fraction of sp³-hybridized carbons (Fsp3) is 0.333. The SMILES string of the molecule is CCC(=O)N1CCc2cc(S(=O)(=O)CCC(=O)Nc3ccc(C)c(Cl)c3)ccc21. The molecular weight excluding hydrogens is 412 g/mol. The van der Waals surface area contributed by atoms with Crippen LogP contribution in [0.2, 0.25) is 5.02 Å². The van der Waals surface area contributed by atoms with Crippen molar-refractivity contribution in [3.8, 4) is 0 Å². The molecule has 0 atom stereocenters. The van der Waals surface area contributed by atoms with Crippen molar-refractivity contribution in [1.82, 2.24) is 0 Å². The molecule has 1 aliphatic rings. The van der Waals surface area contributed by atoms with Crippen molar-refractivity contribution in [1.29, 1.82) is 0 Å². The van der Waals surface area contributed by atoms with E-state index < -0.39 is 15.7 Å². The second-order valence-corrected chi connectivity index (χ2v) is 9.54. The number of amides is 2. The van der Waals surface area contributed by atoms with Gasteiger partial charge in [-0.25, -0.2) is 8.42 Å². The van der Waals surface area contributed by atoms with Gasteiger partial charge in [0.1, 0.15) is 0 Å². The summed E-state index contributed by atoms with van der Waals surface area (Å²) in [6.07, 6.45) is 0.866. The van der Waals surface area contributed by atoms with Crippen molar-refractivity contribution in [2.75, 3.05) is 22.5 Å². The number of nitrogens with zero attached hydrogens (tertiary/aromatic N) is 1. The predicted molar refractivity (Wildman–Crippen MR) is 114 cm³/mol. The molecule has 0 unspecified atom stereocenters. The zero-order chi connectivity index (χ0) is 21.2. The Labute approximate surface area is 175 Å². The molecule has 2 aromatic rings. The van der Waals surface area contributed by atoms with Crippen LogP contribution in [-0.2, 0) is 25.8 Å². The van der Waals surface area contributed by atoms with Gasteiger partial charge in [0.25, 0.3) is 0 Å². The molecule has 0 saturated carbocycles. The second kappa shape index (κ2) is 8.55. The molecule has 3 rings (SSSR count). The van der Waals surface area contributed by atoms with Crippen LogP contribution in [0.3, 0.4) is 0 Å². The molecule has 8 heteroatoms. The minimum Gasteiger partial charge on any atom is -0.326 e. The van der Waals surface area contributed by atoms with Crippen LogP contribution in [0.15, 0.2) is 41.3 Å². The molecule has 154 valence electrons. The Morgan fingerprint density at radius 2 is 1.93 bits per heavy atom.